The van der Waals surface area contributed by atoms with Crippen molar-refractivity contribution in [3.05, 3.63) is 59.7 Å². The molecule has 0 radical (unpaired) electrons. The van der Waals surface area contributed by atoms with Crippen LogP contribution in [0.4, 0.5) is 11.4 Å². The maximum absolute atomic E-state index is 12.6. The van der Waals surface area contributed by atoms with Gasteiger partial charge in [-0.15, -0.1) is 0 Å². The largest absolute Gasteiger partial charge is 0.467 e. The molecular formula is C19H19NO3. The van der Waals surface area contributed by atoms with Gasteiger partial charge < -0.3 is 9.64 Å². The first-order chi connectivity index (χ1) is 11.2. The number of nitrogens with zero attached hydrogens (tertiary/aromatic N) is 1. The summed E-state index contributed by atoms with van der Waals surface area (Å²) >= 11 is 0. The Hall–Kier alpha value is -2.62. The number of methoxy groups -OCH3 is 1. The van der Waals surface area contributed by atoms with Crippen molar-refractivity contribution >= 4 is 23.1 Å². The molecule has 1 heterocycles. The van der Waals surface area contributed by atoms with Gasteiger partial charge in [-0.3, -0.25) is 4.79 Å². The molecule has 0 fully saturated rings. The molecule has 0 bridgehead atoms. The Kier molecular flexibility index (Phi) is 4.15. The molecule has 0 spiro atoms. The normalized spacial score (nSPS) is 16.9. The molecule has 23 heavy (non-hydrogen) atoms. The SMILES string of the molecule is CCc1cccc2c1N(c1ccccc1)C(C(=O)OC)C(=O)C2. The number of hydrogen-bond donors (Lipinski definition) is 0. The van der Waals surface area contributed by atoms with Crippen LogP contribution in [-0.4, -0.2) is 24.9 Å². The Morgan fingerprint density at radius 3 is 2.57 bits per heavy atom. The zero-order chi connectivity index (χ0) is 16.4. The van der Waals surface area contributed by atoms with E-state index in [1.54, 1.807) is 0 Å². The Morgan fingerprint density at radius 2 is 1.91 bits per heavy atom. The molecule has 2 aromatic carbocycles. The molecule has 1 aliphatic heterocycles. The van der Waals surface area contributed by atoms with E-state index in [0.29, 0.717) is 0 Å². The van der Waals surface area contributed by atoms with Gasteiger partial charge in [-0.25, -0.2) is 4.79 Å². The molecule has 0 aromatic heterocycles. The summed E-state index contributed by atoms with van der Waals surface area (Å²) in [5, 5.41) is 0. The smallest absolute Gasteiger partial charge is 0.336 e. The van der Waals surface area contributed by atoms with E-state index in [2.05, 4.69) is 6.92 Å². The second kappa shape index (κ2) is 6.24. The summed E-state index contributed by atoms with van der Waals surface area (Å²) in [5.41, 5.74) is 3.85. The predicted molar refractivity (Wildman–Crippen MR) is 88.9 cm³/mol. The first-order valence-electron chi connectivity index (χ1n) is 7.73. The van der Waals surface area contributed by atoms with Crippen molar-refractivity contribution in [2.75, 3.05) is 12.0 Å². The van der Waals surface area contributed by atoms with E-state index in [-0.39, 0.29) is 12.2 Å². The number of anilines is 2. The van der Waals surface area contributed by atoms with E-state index in [1.165, 1.54) is 7.11 Å². The summed E-state index contributed by atoms with van der Waals surface area (Å²) in [4.78, 5) is 26.7. The number of para-hydroxylation sites is 2. The average Bonchev–Trinajstić information content (AvgIpc) is 2.60. The van der Waals surface area contributed by atoms with Crippen LogP contribution in [0.25, 0.3) is 0 Å². The van der Waals surface area contributed by atoms with Crippen LogP contribution in [0.2, 0.25) is 0 Å². The molecule has 0 amide bonds. The molecular weight excluding hydrogens is 290 g/mol. The van der Waals surface area contributed by atoms with Crippen LogP contribution in [0, 0.1) is 0 Å². The fraction of sp³-hybridized carbons (Fsp3) is 0.263. The van der Waals surface area contributed by atoms with Crippen molar-refractivity contribution < 1.29 is 14.3 Å². The van der Waals surface area contributed by atoms with Gasteiger partial charge in [0.15, 0.2) is 11.8 Å². The Labute approximate surface area is 135 Å². The lowest BCUT2D eigenvalue weighted by molar-refractivity contribution is -0.145. The number of carbonyl (C=O) groups is 2. The minimum Gasteiger partial charge on any atom is -0.467 e. The van der Waals surface area contributed by atoms with Gasteiger partial charge in [-0.05, 0) is 29.7 Å². The van der Waals surface area contributed by atoms with Crippen LogP contribution < -0.4 is 4.90 Å². The number of rotatable bonds is 3. The summed E-state index contributed by atoms with van der Waals surface area (Å²) < 4.78 is 4.90. The van der Waals surface area contributed by atoms with Crippen LogP contribution in [0.3, 0.4) is 0 Å². The van der Waals surface area contributed by atoms with E-state index in [4.69, 9.17) is 4.74 Å². The van der Waals surface area contributed by atoms with E-state index in [9.17, 15) is 9.59 Å². The van der Waals surface area contributed by atoms with Gasteiger partial charge >= 0.3 is 5.97 Å². The summed E-state index contributed by atoms with van der Waals surface area (Å²) in [7, 11) is 1.32. The van der Waals surface area contributed by atoms with Gasteiger partial charge in [0, 0.05) is 17.8 Å². The standard InChI is InChI=1S/C19H19NO3/c1-3-13-8-7-9-14-12-16(21)18(19(22)23-2)20(17(13)14)15-10-5-4-6-11-15/h4-11,18H,3,12H2,1-2H3. The molecule has 3 rings (SSSR count). The van der Waals surface area contributed by atoms with E-state index in [0.717, 1.165) is 28.9 Å². The Balaban J connectivity index is 2.24. The average molecular weight is 309 g/mol. The third-order valence-corrected chi connectivity index (χ3v) is 4.21. The summed E-state index contributed by atoms with van der Waals surface area (Å²) in [6.45, 7) is 2.07. The highest BCUT2D eigenvalue weighted by atomic mass is 16.5. The number of esters is 1. The highest BCUT2D eigenvalue weighted by molar-refractivity contribution is 6.11. The fourth-order valence-electron chi connectivity index (χ4n) is 3.15. The second-order valence-electron chi connectivity index (χ2n) is 5.55. The molecule has 0 N–H and O–H groups in total. The third-order valence-electron chi connectivity index (χ3n) is 4.21. The Morgan fingerprint density at radius 1 is 1.17 bits per heavy atom. The minimum absolute atomic E-state index is 0.138. The molecule has 1 atom stereocenters. The molecule has 4 nitrogen and oxygen atoms in total. The lowest BCUT2D eigenvalue weighted by atomic mass is 9.90. The van der Waals surface area contributed by atoms with Crippen molar-refractivity contribution in [2.24, 2.45) is 0 Å². The molecule has 118 valence electrons. The summed E-state index contributed by atoms with van der Waals surface area (Å²) in [5.74, 6) is -0.656. The van der Waals surface area contributed by atoms with Crippen molar-refractivity contribution in [1.82, 2.24) is 0 Å². The minimum atomic E-state index is -0.928. The topological polar surface area (TPSA) is 46.6 Å². The quantitative estimate of drug-likeness (QED) is 0.646. The van der Waals surface area contributed by atoms with Gasteiger partial charge in [-0.2, -0.15) is 0 Å². The zero-order valence-corrected chi connectivity index (χ0v) is 13.3. The van der Waals surface area contributed by atoms with Gasteiger partial charge in [0.05, 0.1) is 7.11 Å². The number of aryl methyl sites for hydroxylation is 1. The van der Waals surface area contributed by atoms with Crippen molar-refractivity contribution in [3.8, 4) is 0 Å². The molecule has 0 saturated carbocycles. The fourth-order valence-corrected chi connectivity index (χ4v) is 3.15. The molecule has 0 aliphatic carbocycles. The van der Waals surface area contributed by atoms with E-state index < -0.39 is 12.0 Å². The lowest BCUT2D eigenvalue weighted by Gasteiger charge is -2.37. The zero-order valence-electron chi connectivity index (χ0n) is 13.3. The first kappa shape index (κ1) is 15.3. The van der Waals surface area contributed by atoms with E-state index in [1.807, 2.05) is 53.4 Å². The highest BCUT2D eigenvalue weighted by Gasteiger charge is 2.40. The number of fused-ring (bicyclic) bond motifs is 1. The molecule has 2 aromatic rings. The van der Waals surface area contributed by atoms with Gasteiger partial charge in [0.25, 0.3) is 0 Å². The lowest BCUT2D eigenvalue weighted by Crippen LogP contribution is -2.49. The maximum Gasteiger partial charge on any atom is 0.336 e. The highest BCUT2D eigenvalue weighted by Crippen LogP contribution is 2.38. The van der Waals surface area contributed by atoms with Gasteiger partial charge in [0.1, 0.15) is 0 Å². The van der Waals surface area contributed by atoms with Gasteiger partial charge in [-0.1, -0.05) is 43.3 Å². The van der Waals surface area contributed by atoms with Crippen molar-refractivity contribution in [2.45, 2.75) is 25.8 Å². The van der Waals surface area contributed by atoms with Crippen LogP contribution in [0.5, 0.6) is 0 Å². The monoisotopic (exact) mass is 309 g/mol. The first-order valence-corrected chi connectivity index (χ1v) is 7.73. The van der Waals surface area contributed by atoms with E-state index >= 15 is 0 Å². The van der Waals surface area contributed by atoms with Crippen molar-refractivity contribution in [3.63, 3.8) is 0 Å². The molecule has 1 aliphatic rings. The number of Topliss-reactive ketones (excluding diaryl/α,β-unsaturated/α-hetero) is 1. The summed E-state index contributed by atoms with van der Waals surface area (Å²) in [6.07, 6.45) is 1.08. The summed E-state index contributed by atoms with van der Waals surface area (Å²) in [6, 6.07) is 14.6. The van der Waals surface area contributed by atoms with Crippen LogP contribution >= 0.6 is 0 Å². The predicted octanol–water partition coefficient (Wildman–Crippen LogP) is 3.05. The second-order valence-corrected chi connectivity index (χ2v) is 5.55. The van der Waals surface area contributed by atoms with Crippen LogP contribution in [0.1, 0.15) is 18.1 Å². The van der Waals surface area contributed by atoms with Crippen molar-refractivity contribution in [1.29, 1.82) is 0 Å². The molecule has 1 unspecified atom stereocenters. The van der Waals surface area contributed by atoms with Gasteiger partial charge in [0.2, 0.25) is 0 Å². The van der Waals surface area contributed by atoms with Crippen LogP contribution in [0.15, 0.2) is 48.5 Å². The number of ether oxygens (including phenoxy) is 1. The molecule has 4 heteroatoms. The number of ketones is 1. The van der Waals surface area contributed by atoms with Crippen LogP contribution in [-0.2, 0) is 27.2 Å². The molecule has 0 saturated heterocycles. The Bertz CT molecular complexity index is 740. The number of hydrogen-bond acceptors (Lipinski definition) is 4. The maximum atomic E-state index is 12.6. The number of carbonyl (C=O) groups excluding carboxylic acids is 2. The third kappa shape index (κ3) is 2.61. The number of benzene rings is 2.